The number of aliphatic hydroxyl groups is 1. The summed E-state index contributed by atoms with van der Waals surface area (Å²) in [6.07, 6.45) is -6.48. The number of ketones is 1. The van der Waals surface area contributed by atoms with Crippen LogP contribution in [0.25, 0.3) is 0 Å². The van der Waals surface area contributed by atoms with Crippen molar-refractivity contribution < 1.29 is 93.1 Å². The summed E-state index contributed by atoms with van der Waals surface area (Å²) in [6.45, 7) is 2.61. The fraction of sp³-hybridized carbons (Fsp3) is 0.657. The molecule has 5 atom stereocenters. The Kier molecular flexibility index (Phi) is 28.9. The Balaban J connectivity index is 0.00000318. The second-order valence-electron chi connectivity index (χ2n) is 11.6. The van der Waals surface area contributed by atoms with Gasteiger partial charge in [0.25, 0.3) is 0 Å². The van der Waals surface area contributed by atoms with E-state index in [1.165, 1.54) is 0 Å². The van der Waals surface area contributed by atoms with E-state index < -0.39 is 79.8 Å². The highest BCUT2D eigenvalue weighted by molar-refractivity contribution is 5.77. The molecule has 0 amide bonds. The smallest absolute Gasteiger partial charge is 0.306 e. The zero-order valence-electron chi connectivity index (χ0n) is 30.8. The zero-order valence-corrected chi connectivity index (χ0v) is 30.8. The molecule has 1 saturated heterocycles. The number of benzene rings is 1. The lowest BCUT2D eigenvalue weighted by Gasteiger charge is -2.45. The molecule has 19 nitrogen and oxygen atoms in total. The highest BCUT2D eigenvalue weighted by Gasteiger charge is 2.52. The Morgan fingerprint density at radius 3 is 1.54 bits per heavy atom. The first-order valence-corrected chi connectivity index (χ1v) is 17.3. The van der Waals surface area contributed by atoms with E-state index in [0.29, 0.717) is 5.56 Å². The molecule has 5 unspecified atom stereocenters. The first-order chi connectivity index (χ1) is 25.9. The minimum atomic E-state index is -1.52. The minimum Gasteiger partial charge on any atom is -0.481 e. The highest BCUT2D eigenvalue weighted by atomic mass is 17.1. The van der Waals surface area contributed by atoms with Gasteiger partial charge in [-0.2, -0.15) is 0 Å². The molecule has 2 rings (SSSR count). The SMILES string of the molecule is CCCC(C)=O.CO.O=C(O)CCC(=O)OC1C(Cc2ccccc2)OC(COC(=O)CCCOO)C(OC(=O)CCCOO)C1OC(=O)CCCOO. The quantitative estimate of drug-likeness (QED) is 0.0332. The second kappa shape index (κ2) is 31.3. The molecule has 0 spiro atoms. The van der Waals surface area contributed by atoms with Crippen LogP contribution in [-0.4, -0.2) is 126 Å². The van der Waals surface area contributed by atoms with Crippen molar-refractivity contribution in [2.45, 2.75) is 115 Å². The number of esters is 4. The molecule has 54 heavy (non-hydrogen) atoms. The van der Waals surface area contributed by atoms with Gasteiger partial charge in [0.15, 0.2) is 18.3 Å². The van der Waals surface area contributed by atoms with Crippen molar-refractivity contribution in [1.82, 2.24) is 0 Å². The van der Waals surface area contributed by atoms with Crippen molar-refractivity contribution in [1.29, 1.82) is 0 Å². The van der Waals surface area contributed by atoms with Crippen LogP contribution in [0.2, 0.25) is 0 Å². The number of hydrogen-bond donors (Lipinski definition) is 5. The van der Waals surface area contributed by atoms with Crippen molar-refractivity contribution >= 4 is 35.6 Å². The van der Waals surface area contributed by atoms with E-state index in [-0.39, 0.29) is 70.5 Å². The molecule has 0 aromatic heterocycles. The van der Waals surface area contributed by atoms with Crippen LogP contribution in [0.4, 0.5) is 0 Å². The third-order valence-corrected chi connectivity index (χ3v) is 7.22. The largest absolute Gasteiger partial charge is 0.481 e. The molecule has 0 aliphatic carbocycles. The lowest BCUT2D eigenvalue weighted by Crippen LogP contribution is -2.63. The summed E-state index contributed by atoms with van der Waals surface area (Å²) < 4.78 is 28.6. The lowest BCUT2D eigenvalue weighted by atomic mass is 9.90. The van der Waals surface area contributed by atoms with Crippen LogP contribution in [0.15, 0.2) is 30.3 Å². The third-order valence-electron chi connectivity index (χ3n) is 7.22. The molecule has 19 heteroatoms. The number of carbonyl (C=O) groups excluding carboxylic acids is 5. The average Bonchev–Trinajstić information content (AvgIpc) is 3.14. The van der Waals surface area contributed by atoms with Crippen molar-refractivity contribution in [2.24, 2.45) is 0 Å². The Hall–Kier alpha value is -4.08. The molecule has 0 radical (unpaired) electrons. The standard InChI is InChI=1S/C29H40O17.C5H10O.CH4O/c30-22(31)12-13-26(35)45-27-20(17-19-7-2-1-3-8-19)43-21(18-39-23(32)9-4-14-40-36)28(44-24(33)10-5-15-41-37)29(27)46-25(34)11-6-16-42-38;1-3-4-5(2)6;1-2/h1-3,7-8,20-21,27-29,36-38H,4-6,9-18H2,(H,30,31);3-4H2,1-2H3;2H,1H3. The van der Waals surface area contributed by atoms with Gasteiger partial charge in [0.2, 0.25) is 0 Å². The molecule has 1 heterocycles. The van der Waals surface area contributed by atoms with Crippen LogP contribution in [0.3, 0.4) is 0 Å². The number of ether oxygens (including phenoxy) is 5. The molecule has 1 aromatic carbocycles. The number of carbonyl (C=O) groups is 6. The summed E-state index contributed by atoms with van der Waals surface area (Å²) >= 11 is 0. The van der Waals surface area contributed by atoms with E-state index >= 15 is 0 Å². The topological polar surface area (TPSA) is 277 Å². The molecule has 0 saturated carbocycles. The number of aliphatic carboxylic acids is 1. The van der Waals surface area contributed by atoms with Crippen LogP contribution >= 0.6 is 0 Å². The van der Waals surface area contributed by atoms with Gasteiger partial charge in [0.1, 0.15) is 24.6 Å². The van der Waals surface area contributed by atoms with Gasteiger partial charge in [-0.15, -0.1) is 0 Å². The number of rotatable bonds is 24. The molecule has 0 bridgehead atoms. The third kappa shape index (κ3) is 22.9. The Morgan fingerprint density at radius 1 is 0.630 bits per heavy atom. The molecule has 1 aliphatic heterocycles. The summed E-state index contributed by atoms with van der Waals surface area (Å²) in [6, 6.07) is 8.80. The summed E-state index contributed by atoms with van der Waals surface area (Å²) in [7, 11) is 1.00. The van der Waals surface area contributed by atoms with Gasteiger partial charge < -0.3 is 38.7 Å². The zero-order chi connectivity index (χ0) is 40.7. The number of aliphatic hydroxyl groups excluding tert-OH is 1. The van der Waals surface area contributed by atoms with Crippen LogP contribution in [0.5, 0.6) is 0 Å². The fourth-order valence-corrected chi connectivity index (χ4v) is 4.84. The first-order valence-electron chi connectivity index (χ1n) is 17.3. The van der Waals surface area contributed by atoms with Gasteiger partial charge in [0, 0.05) is 39.2 Å². The number of carboxylic acid groups (broad SMARTS) is 1. The fourth-order valence-electron chi connectivity index (χ4n) is 4.84. The van der Waals surface area contributed by atoms with Crippen molar-refractivity contribution in [3.63, 3.8) is 0 Å². The molecular weight excluding hydrogens is 724 g/mol. The first kappa shape index (κ1) is 49.9. The molecule has 1 aliphatic rings. The highest BCUT2D eigenvalue weighted by Crippen LogP contribution is 2.32. The average molecular weight is 779 g/mol. The van der Waals surface area contributed by atoms with Crippen molar-refractivity contribution in [2.75, 3.05) is 33.5 Å². The Bertz CT molecular complexity index is 1210. The van der Waals surface area contributed by atoms with E-state index in [9.17, 15) is 28.8 Å². The second-order valence-corrected chi connectivity index (χ2v) is 11.6. The molecular formula is C35H54O19. The summed E-state index contributed by atoms with van der Waals surface area (Å²) in [5.41, 5.74) is 0.712. The lowest BCUT2D eigenvalue weighted by molar-refractivity contribution is -0.256. The Labute approximate surface area is 313 Å². The van der Waals surface area contributed by atoms with E-state index in [1.807, 2.05) is 6.92 Å². The van der Waals surface area contributed by atoms with Crippen LogP contribution < -0.4 is 0 Å². The maximum absolute atomic E-state index is 12.9. The maximum atomic E-state index is 12.9. The van der Waals surface area contributed by atoms with Gasteiger partial charge >= 0.3 is 29.8 Å². The van der Waals surface area contributed by atoms with Crippen LogP contribution in [0.1, 0.15) is 83.6 Å². The van der Waals surface area contributed by atoms with Crippen LogP contribution in [-0.2, 0) is 73.5 Å². The van der Waals surface area contributed by atoms with Crippen LogP contribution in [0, 0.1) is 0 Å². The molecule has 1 aromatic rings. The Morgan fingerprint density at radius 2 is 1.09 bits per heavy atom. The van der Waals surface area contributed by atoms with E-state index in [0.717, 1.165) is 20.0 Å². The van der Waals surface area contributed by atoms with Gasteiger partial charge in [-0.1, -0.05) is 37.3 Å². The van der Waals surface area contributed by atoms with Gasteiger partial charge in [-0.05, 0) is 38.2 Å². The number of hydrogen-bond acceptors (Lipinski definition) is 18. The van der Waals surface area contributed by atoms with E-state index in [1.54, 1.807) is 37.3 Å². The van der Waals surface area contributed by atoms with Gasteiger partial charge in [-0.25, -0.2) is 14.7 Å². The number of carboxylic acids is 1. The summed E-state index contributed by atoms with van der Waals surface area (Å²) in [4.78, 5) is 84.1. The molecule has 5 N–H and O–H groups in total. The predicted molar refractivity (Wildman–Crippen MR) is 183 cm³/mol. The molecule has 308 valence electrons. The van der Waals surface area contributed by atoms with Crippen molar-refractivity contribution in [3.8, 4) is 0 Å². The number of Topliss-reactive ketones (excluding diaryl/α,β-unsaturated/α-hetero) is 1. The van der Waals surface area contributed by atoms with Crippen molar-refractivity contribution in [3.05, 3.63) is 35.9 Å². The monoisotopic (exact) mass is 778 g/mol. The minimum absolute atomic E-state index is 0.0409. The van der Waals surface area contributed by atoms with Gasteiger partial charge in [-0.3, -0.25) is 39.7 Å². The maximum Gasteiger partial charge on any atom is 0.306 e. The summed E-state index contributed by atoms with van der Waals surface area (Å²) in [5.74, 6) is -4.30. The molecule has 1 fully saturated rings. The van der Waals surface area contributed by atoms with Gasteiger partial charge in [0.05, 0.1) is 32.7 Å². The normalized spacial score (nSPS) is 18.8. The van der Waals surface area contributed by atoms with E-state index in [2.05, 4.69) is 14.7 Å². The summed E-state index contributed by atoms with van der Waals surface area (Å²) in [5, 5.41) is 41.8. The van der Waals surface area contributed by atoms with E-state index in [4.69, 9.17) is 49.7 Å². The predicted octanol–water partition coefficient (Wildman–Crippen LogP) is 2.93.